The molecular weight excluding hydrogens is 514 g/mol. The number of benzene rings is 1. The van der Waals surface area contributed by atoms with Crippen LogP contribution < -0.4 is 10.2 Å². The molecule has 5 heterocycles. The van der Waals surface area contributed by atoms with Crippen LogP contribution in [0.1, 0.15) is 12.8 Å². The molecule has 1 unspecified atom stereocenters. The number of hydrogen-bond acceptors (Lipinski definition) is 9. The quantitative estimate of drug-likeness (QED) is 0.313. The second-order valence-corrected chi connectivity index (χ2v) is 10.9. The Hall–Kier alpha value is -3.86. The Balaban J connectivity index is 1.11. The Bertz CT molecular complexity index is 1400. The van der Waals surface area contributed by atoms with E-state index < -0.39 is 0 Å². The van der Waals surface area contributed by atoms with Gasteiger partial charge in [0.2, 0.25) is 5.95 Å². The molecule has 2 saturated heterocycles. The lowest BCUT2D eigenvalue weighted by molar-refractivity contribution is 0.183. The minimum atomic E-state index is 0.544. The van der Waals surface area contributed by atoms with Crippen molar-refractivity contribution in [2.75, 3.05) is 70.2 Å². The smallest absolute Gasteiger partial charge is 0.227 e. The van der Waals surface area contributed by atoms with Crippen LogP contribution in [-0.4, -0.2) is 101 Å². The summed E-state index contributed by atoms with van der Waals surface area (Å²) in [5.41, 5.74) is 5.70. The van der Waals surface area contributed by atoms with Gasteiger partial charge < -0.3 is 19.9 Å². The third-order valence-electron chi connectivity index (χ3n) is 8.15. The van der Waals surface area contributed by atoms with Crippen LogP contribution in [0, 0.1) is 0 Å². The summed E-state index contributed by atoms with van der Waals surface area (Å²) in [6.45, 7) is 8.03. The zero-order valence-electron chi connectivity index (χ0n) is 24.0. The van der Waals surface area contributed by atoms with E-state index in [2.05, 4.69) is 61.3 Å². The van der Waals surface area contributed by atoms with Gasteiger partial charge in [-0.2, -0.15) is 5.10 Å². The van der Waals surface area contributed by atoms with Crippen molar-refractivity contribution in [3.63, 3.8) is 0 Å². The van der Waals surface area contributed by atoms with E-state index in [-0.39, 0.29) is 0 Å². The molecule has 0 aliphatic carbocycles. The van der Waals surface area contributed by atoms with Gasteiger partial charge in [-0.1, -0.05) is 0 Å². The Morgan fingerprint density at radius 1 is 1.00 bits per heavy atom. The number of pyridine rings is 1. The van der Waals surface area contributed by atoms with E-state index in [0.717, 1.165) is 60.4 Å². The second kappa shape index (κ2) is 12.8. The number of methoxy groups -OCH3 is 1. The summed E-state index contributed by atoms with van der Waals surface area (Å²) < 4.78 is 7.15. The number of nitrogens with one attached hydrogen (secondary N) is 1. The van der Waals surface area contributed by atoms with E-state index in [4.69, 9.17) is 14.8 Å². The Morgan fingerprint density at radius 2 is 1.85 bits per heavy atom. The van der Waals surface area contributed by atoms with Crippen LogP contribution >= 0.6 is 0 Å². The van der Waals surface area contributed by atoms with Crippen LogP contribution in [-0.2, 0) is 11.3 Å². The molecule has 1 atom stereocenters. The molecule has 0 spiro atoms. The number of likely N-dealkylation sites (N-methyl/N-ethyl adjacent to an activating group) is 1. The van der Waals surface area contributed by atoms with Gasteiger partial charge >= 0.3 is 0 Å². The third-order valence-corrected chi connectivity index (χ3v) is 8.15. The van der Waals surface area contributed by atoms with Gasteiger partial charge in [0.25, 0.3) is 0 Å². The van der Waals surface area contributed by atoms with Crippen LogP contribution in [0.15, 0.2) is 67.3 Å². The van der Waals surface area contributed by atoms with Crippen LogP contribution in [0.25, 0.3) is 22.5 Å². The highest BCUT2D eigenvalue weighted by Crippen LogP contribution is 2.30. The van der Waals surface area contributed by atoms with Gasteiger partial charge in [-0.3, -0.25) is 14.6 Å². The molecule has 1 N–H and O–H groups in total. The topological polar surface area (TPSA) is 87.5 Å². The summed E-state index contributed by atoms with van der Waals surface area (Å²) in [4.78, 5) is 21.2. The fraction of sp³-hybridized carbons (Fsp3) is 0.419. The second-order valence-electron chi connectivity index (χ2n) is 10.9. The molecule has 0 saturated carbocycles. The van der Waals surface area contributed by atoms with E-state index in [0.29, 0.717) is 19.1 Å². The zero-order valence-corrected chi connectivity index (χ0v) is 24.0. The summed E-state index contributed by atoms with van der Waals surface area (Å²) in [5, 5.41) is 8.18. The van der Waals surface area contributed by atoms with Crippen molar-refractivity contribution in [3.8, 4) is 22.5 Å². The number of rotatable bonds is 10. The maximum Gasteiger partial charge on any atom is 0.227 e. The number of hydrogen-bond donors (Lipinski definition) is 1. The monoisotopic (exact) mass is 553 g/mol. The minimum absolute atomic E-state index is 0.544. The molecular formula is C31H39N9O. The van der Waals surface area contributed by atoms with E-state index in [1.54, 1.807) is 19.5 Å². The van der Waals surface area contributed by atoms with Gasteiger partial charge in [-0.05, 0) is 68.9 Å². The lowest BCUT2D eigenvalue weighted by Crippen LogP contribution is -2.50. The standard InChI is InChI=1S/C31H39N9O/c1-37-14-4-6-27(37)22-38-15-17-39(18-16-38)26-9-7-25(8-10-26)34-31-33-13-11-29(35-31)28-23-40(19-20-41-2)36-30(28)24-5-3-12-32-21-24/h3,5,7-13,21,23,27H,4,6,14-20,22H2,1-2H3,(H,33,34,35). The highest BCUT2D eigenvalue weighted by molar-refractivity contribution is 5.78. The normalized spacial score (nSPS) is 18.2. The largest absolute Gasteiger partial charge is 0.383 e. The summed E-state index contributed by atoms with van der Waals surface area (Å²) >= 11 is 0. The zero-order chi connectivity index (χ0) is 28.0. The molecule has 4 aromatic rings. The first-order valence-electron chi connectivity index (χ1n) is 14.5. The van der Waals surface area contributed by atoms with Crippen molar-refractivity contribution in [1.82, 2.24) is 34.5 Å². The number of likely N-dealkylation sites (tertiary alicyclic amines) is 1. The molecule has 2 fully saturated rings. The van der Waals surface area contributed by atoms with E-state index in [1.165, 1.54) is 31.6 Å². The van der Waals surface area contributed by atoms with Crippen molar-refractivity contribution in [3.05, 3.63) is 67.3 Å². The van der Waals surface area contributed by atoms with Crippen molar-refractivity contribution in [2.45, 2.75) is 25.4 Å². The average Bonchev–Trinajstić information content (AvgIpc) is 3.63. The third kappa shape index (κ3) is 6.56. The number of aromatic nitrogens is 5. The molecule has 0 radical (unpaired) electrons. The molecule has 0 amide bonds. The van der Waals surface area contributed by atoms with Gasteiger partial charge in [0, 0.05) is 93.2 Å². The maximum atomic E-state index is 5.26. The highest BCUT2D eigenvalue weighted by Gasteiger charge is 2.25. The van der Waals surface area contributed by atoms with Crippen LogP contribution in [0.5, 0.6) is 0 Å². The summed E-state index contributed by atoms with van der Waals surface area (Å²) in [7, 11) is 3.96. The van der Waals surface area contributed by atoms with E-state index in [1.807, 2.05) is 35.3 Å². The molecule has 2 aliphatic rings. The fourth-order valence-electron chi connectivity index (χ4n) is 5.77. The lowest BCUT2D eigenvalue weighted by atomic mass is 10.1. The number of nitrogens with zero attached hydrogens (tertiary/aromatic N) is 8. The molecule has 10 heteroatoms. The van der Waals surface area contributed by atoms with Crippen molar-refractivity contribution in [1.29, 1.82) is 0 Å². The SMILES string of the molecule is COCCn1cc(-c2ccnc(Nc3ccc(N4CCN(CC5CCCN5C)CC4)cc3)n2)c(-c2cccnc2)n1. The lowest BCUT2D eigenvalue weighted by Gasteiger charge is -2.38. The van der Waals surface area contributed by atoms with Crippen LogP contribution in [0.4, 0.5) is 17.3 Å². The Morgan fingerprint density at radius 3 is 2.59 bits per heavy atom. The average molecular weight is 554 g/mol. The number of ether oxygens (including phenoxy) is 1. The molecule has 3 aromatic heterocycles. The van der Waals surface area contributed by atoms with Crippen molar-refractivity contribution < 1.29 is 4.74 Å². The Labute approximate surface area is 242 Å². The Kier molecular flexibility index (Phi) is 8.50. The number of anilines is 3. The predicted molar refractivity (Wildman–Crippen MR) is 162 cm³/mol. The molecule has 0 bridgehead atoms. The first kappa shape index (κ1) is 27.3. The minimum Gasteiger partial charge on any atom is -0.383 e. The van der Waals surface area contributed by atoms with Gasteiger partial charge in [0.05, 0.1) is 18.8 Å². The highest BCUT2D eigenvalue weighted by atomic mass is 16.5. The molecule has 41 heavy (non-hydrogen) atoms. The van der Waals surface area contributed by atoms with Gasteiger partial charge in [-0.25, -0.2) is 9.97 Å². The first-order chi connectivity index (χ1) is 20.2. The molecule has 1 aromatic carbocycles. The van der Waals surface area contributed by atoms with E-state index in [9.17, 15) is 0 Å². The van der Waals surface area contributed by atoms with Gasteiger partial charge in [0.15, 0.2) is 0 Å². The van der Waals surface area contributed by atoms with E-state index >= 15 is 0 Å². The van der Waals surface area contributed by atoms with Crippen molar-refractivity contribution >= 4 is 17.3 Å². The van der Waals surface area contributed by atoms with Crippen LogP contribution in [0.2, 0.25) is 0 Å². The fourth-order valence-corrected chi connectivity index (χ4v) is 5.77. The summed E-state index contributed by atoms with van der Waals surface area (Å²) in [6, 6.07) is 15.1. The predicted octanol–water partition coefficient (Wildman–Crippen LogP) is 4.01. The maximum absolute atomic E-state index is 5.26. The first-order valence-corrected chi connectivity index (χ1v) is 14.5. The van der Waals surface area contributed by atoms with Crippen LogP contribution in [0.3, 0.4) is 0 Å². The molecule has 10 nitrogen and oxygen atoms in total. The summed E-state index contributed by atoms with van der Waals surface area (Å²) in [6.07, 6.45) is 10.0. The van der Waals surface area contributed by atoms with Gasteiger partial charge in [0.1, 0.15) is 5.69 Å². The molecule has 2 aliphatic heterocycles. The molecule has 6 rings (SSSR count). The van der Waals surface area contributed by atoms with Crippen molar-refractivity contribution in [2.24, 2.45) is 0 Å². The number of piperazine rings is 1. The summed E-state index contributed by atoms with van der Waals surface area (Å²) in [5.74, 6) is 0.544. The molecule has 214 valence electrons. The van der Waals surface area contributed by atoms with Gasteiger partial charge in [-0.15, -0.1) is 0 Å².